The van der Waals surface area contributed by atoms with Crippen LogP contribution in [0.2, 0.25) is 0 Å². The molecule has 178 valence electrons. The number of hydrogen-bond acceptors (Lipinski definition) is 4. The molecule has 0 atom stereocenters. The lowest BCUT2D eigenvalue weighted by Crippen LogP contribution is -2.15. The van der Waals surface area contributed by atoms with Crippen molar-refractivity contribution in [3.8, 4) is 0 Å². The summed E-state index contributed by atoms with van der Waals surface area (Å²) in [6.07, 6.45) is 11.6. The fourth-order valence-electron chi connectivity index (χ4n) is 3.09. The van der Waals surface area contributed by atoms with Gasteiger partial charge in [-0.3, -0.25) is 4.79 Å². The molecule has 2 aromatic carbocycles. The third kappa shape index (κ3) is 9.67. The molecule has 0 unspecified atom stereocenters. The van der Waals surface area contributed by atoms with Crippen molar-refractivity contribution in [3.63, 3.8) is 0 Å². The quantitative estimate of drug-likeness (QED) is 0.312. The van der Waals surface area contributed by atoms with Crippen molar-refractivity contribution < 1.29 is 14.3 Å². The fourth-order valence-corrected chi connectivity index (χ4v) is 4.11. The van der Waals surface area contributed by atoms with Gasteiger partial charge in [0.2, 0.25) is 0 Å². The third-order valence-corrected chi connectivity index (χ3v) is 6.93. The molecule has 0 bridgehead atoms. The van der Waals surface area contributed by atoms with E-state index in [9.17, 15) is 4.79 Å². The van der Waals surface area contributed by atoms with Crippen LogP contribution in [0, 0.1) is 13.8 Å². The van der Waals surface area contributed by atoms with E-state index in [2.05, 4.69) is 62.3 Å². The average molecular weight is 579 g/mol. The van der Waals surface area contributed by atoms with E-state index in [1.165, 1.54) is 34.0 Å². The van der Waals surface area contributed by atoms with Crippen LogP contribution in [0.4, 0.5) is 0 Å². The molecule has 33 heavy (non-hydrogen) atoms. The van der Waals surface area contributed by atoms with Crippen LogP contribution in [0.3, 0.4) is 0 Å². The number of benzene rings is 2. The fraction of sp³-hybridized carbons (Fsp3) is 0.370. The monoisotopic (exact) mass is 577 g/mol. The molecule has 0 heterocycles. The van der Waals surface area contributed by atoms with Gasteiger partial charge in [-0.25, -0.2) is 0 Å². The summed E-state index contributed by atoms with van der Waals surface area (Å²) in [5, 5.41) is 3.54. The summed E-state index contributed by atoms with van der Waals surface area (Å²) < 4.78 is 12.1. The Hall–Kier alpha value is -1.57. The van der Waals surface area contributed by atoms with E-state index in [1.807, 2.05) is 37.3 Å². The van der Waals surface area contributed by atoms with Crippen LogP contribution in [0.15, 0.2) is 45.4 Å². The summed E-state index contributed by atoms with van der Waals surface area (Å²) in [7, 11) is 3.36. The molecule has 0 aromatic heterocycles. The Labute approximate surface area is 214 Å². The van der Waals surface area contributed by atoms with E-state index in [1.54, 1.807) is 14.2 Å². The second-order valence-electron chi connectivity index (χ2n) is 8.00. The number of carbonyl (C=O) groups excluding carboxylic acids is 1. The number of nitrogens with one attached hydrogen (secondary N) is 1. The first-order valence-corrected chi connectivity index (χ1v) is 12.6. The molecule has 0 saturated heterocycles. The van der Waals surface area contributed by atoms with Gasteiger partial charge in [0.15, 0.2) is 0 Å². The first-order valence-electron chi connectivity index (χ1n) is 11.0. The van der Waals surface area contributed by atoms with Gasteiger partial charge < -0.3 is 14.8 Å². The number of rotatable bonds is 10. The van der Waals surface area contributed by atoms with Gasteiger partial charge >= 0.3 is 0 Å². The highest BCUT2D eigenvalue weighted by Crippen LogP contribution is 2.25. The minimum absolute atomic E-state index is 0.572. The van der Waals surface area contributed by atoms with Crippen LogP contribution in [0.5, 0.6) is 0 Å². The van der Waals surface area contributed by atoms with Crippen LogP contribution in [-0.4, -0.2) is 39.8 Å². The van der Waals surface area contributed by atoms with Crippen LogP contribution < -0.4 is 5.32 Å². The third-order valence-electron chi connectivity index (χ3n) is 5.28. The Kier molecular flexibility index (Phi) is 12.3. The number of hydrogen-bond donors (Lipinski definition) is 1. The lowest BCUT2D eigenvalue weighted by molar-refractivity contribution is 0.112. The molecule has 1 fully saturated rings. The number of ether oxygens (including phenoxy) is 2. The van der Waals surface area contributed by atoms with Crippen molar-refractivity contribution >= 4 is 50.3 Å². The predicted octanol–water partition coefficient (Wildman–Crippen LogP) is 6.90. The van der Waals surface area contributed by atoms with Crippen molar-refractivity contribution in [3.05, 3.63) is 78.7 Å². The van der Waals surface area contributed by atoms with E-state index in [0.29, 0.717) is 18.8 Å². The normalized spacial score (nSPS) is 13.4. The Morgan fingerprint density at radius 1 is 0.909 bits per heavy atom. The number of carbonyl (C=O) groups is 1. The summed E-state index contributed by atoms with van der Waals surface area (Å²) in [5.41, 5.74) is 6.68. The summed E-state index contributed by atoms with van der Waals surface area (Å²) in [5.74, 6) is 0. The van der Waals surface area contributed by atoms with Gasteiger partial charge in [-0.1, -0.05) is 62.2 Å². The zero-order valence-electron chi connectivity index (χ0n) is 19.8. The minimum atomic E-state index is 0.572. The number of methoxy groups -OCH3 is 2. The maximum atomic E-state index is 10.7. The smallest absolute Gasteiger partial charge is 0.150 e. The van der Waals surface area contributed by atoms with Crippen molar-refractivity contribution in [2.45, 2.75) is 39.3 Å². The lowest BCUT2D eigenvalue weighted by Gasteiger charge is -2.09. The van der Waals surface area contributed by atoms with Gasteiger partial charge in [-0.15, -0.1) is 0 Å². The van der Waals surface area contributed by atoms with E-state index in [-0.39, 0.29) is 0 Å². The molecule has 0 spiro atoms. The molecule has 1 aliphatic carbocycles. The van der Waals surface area contributed by atoms with E-state index < -0.39 is 0 Å². The second-order valence-corrected chi connectivity index (χ2v) is 9.71. The number of aldehydes is 1. The first kappa shape index (κ1) is 27.7. The Bertz CT molecular complexity index is 982. The molecule has 0 radical (unpaired) electrons. The average Bonchev–Trinajstić information content (AvgIpc) is 3.63. The van der Waals surface area contributed by atoms with Gasteiger partial charge in [0.05, 0.1) is 13.2 Å². The van der Waals surface area contributed by atoms with Gasteiger partial charge in [-0.2, -0.15) is 0 Å². The SMILES string of the molecule is COCC=Cc1cc(C=O)cc(Br)c1C.COCC=Cc1cc(CNC2CC2)cc(Br)c1C. The standard InChI is InChI=1S/C15H20BrNO.C12H13BrO2/c1-11-13(4-3-7-18-2)8-12(9-15(11)16)10-17-14-5-6-14;1-9-11(4-3-5-15-2)6-10(8-14)7-12(9)13/h3-4,8-9,14,17H,5-7,10H2,1-2H3;3-4,6-8H,5H2,1-2H3. The molecular formula is C27H33Br2NO3. The van der Waals surface area contributed by atoms with Gasteiger partial charge in [0, 0.05) is 41.3 Å². The molecule has 1 aliphatic rings. The van der Waals surface area contributed by atoms with E-state index >= 15 is 0 Å². The summed E-state index contributed by atoms with van der Waals surface area (Å²) in [4.78, 5) is 10.7. The lowest BCUT2D eigenvalue weighted by atomic mass is 10.0. The Balaban J connectivity index is 0.000000238. The van der Waals surface area contributed by atoms with Crippen molar-refractivity contribution in [2.75, 3.05) is 27.4 Å². The van der Waals surface area contributed by atoms with Crippen LogP contribution in [0.1, 0.15) is 51.0 Å². The zero-order chi connectivity index (χ0) is 24.2. The highest BCUT2D eigenvalue weighted by Gasteiger charge is 2.20. The predicted molar refractivity (Wildman–Crippen MR) is 145 cm³/mol. The molecule has 0 amide bonds. The molecule has 3 rings (SSSR count). The Morgan fingerprint density at radius 2 is 1.45 bits per heavy atom. The molecule has 1 N–H and O–H groups in total. The summed E-state index contributed by atoms with van der Waals surface area (Å²) >= 11 is 7.06. The number of halogens is 2. The van der Waals surface area contributed by atoms with Crippen molar-refractivity contribution in [1.82, 2.24) is 5.32 Å². The first-order chi connectivity index (χ1) is 15.9. The van der Waals surface area contributed by atoms with Crippen molar-refractivity contribution in [1.29, 1.82) is 0 Å². The topological polar surface area (TPSA) is 47.6 Å². The summed E-state index contributed by atoms with van der Waals surface area (Å²) in [6, 6.07) is 8.88. The van der Waals surface area contributed by atoms with Crippen LogP contribution in [-0.2, 0) is 16.0 Å². The molecule has 2 aromatic rings. The highest BCUT2D eigenvalue weighted by molar-refractivity contribution is 9.10. The molecular weight excluding hydrogens is 546 g/mol. The highest BCUT2D eigenvalue weighted by atomic mass is 79.9. The van der Waals surface area contributed by atoms with Crippen LogP contribution in [0.25, 0.3) is 12.2 Å². The van der Waals surface area contributed by atoms with Gasteiger partial charge in [0.25, 0.3) is 0 Å². The minimum Gasteiger partial charge on any atom is -0.381 e. The molecule has 0 aliphatic heterocycles. The molecule has 6 heteroatoms. The Morgan fingerprint density at radius 3 is 1.97 bits per heavy atom. The zero-order valence-corrected chi connectivity index (χ0v) is 23.0. The summed E-state index contributed by atoms with van der Waals surface area (Å²) in [6.45, 7) is 6.32. The van der Waals surface area contributed by atoms with Gasteiger partial charge in [0.1, 0.15) is 6.29 Å². The van der Waals surface area contributed by atoms with Crippen LogP contribution >= 0.6 is 31.9 Å². The molecule has 4 nitrogen and oxygen atoms in total. The van der Waals surface area contributed by atoms with Gasteiger partial charge in [-0.05, 0) is 72.7 Å². The van der Waals surface area contributed by atoms with E-state index in [4.69, 9.17) is 9.47 Å². The second kappa shape index (κ2) is 14.6. The van der Waals surface area contributed by atoms with Crippen molar-refractivity contribution in [2.24, 2.45) is 0 Å². The maximum absolute atomic E-state index is 10.7. The van der Waals surface area contributed by atoms with E-state index in [0.717, 1.165) is 34.5 Å². The molecule has 1 saturated carbocycles. The largest absolute Gasteiger partial charge is 0.381 e. The maximum Gasteiger partial charge on any atom is 0.150 e.